The van der Waals surface area contributed by atoms with Gasteiger partial charge < -0.3 is 10.5 Å². The van der Waals surface area contributed by atoms with Gasteiger partial charge in [0.15, 0.2) is 0 Å². The van der Waals surface area contributed by atoms with Crippen LogP contribution in [0.25, 0.3) is 0 Å². The average molecular weight is 371 g/mol. The molecule has 0 heterocycles. The van der Waals surface area contributed by atoms with Gasteiger partial charge in [-0.15, -0.1) is 0 Å². The van der Waals surface area contributed by atoms with Crippen LogP contribution in [0.4, 0.5) is 5.69 Å². The lowest BCUT2D eigenvalue weighted by atomic mass is 10.2. The van der Waals surface area contributed by atoms with Gasteiger partial charge in [0.25, 0.3) is 10.1 Å². The first-order valence-corrected chi connectivity index (χ1v) is 7.16. The van der Waals surface area contributed by atoms with E-state index >= 15 is 0 Å². The normalized spacial score (nSPS) is 11.2. The lowest BCUT2D eigenvalue weighted by molar-refractivity contribution is 0.0528. The molecule has 0 aliphatic carbocycles. The zero-order valence-corrected chi connectivity index (χ0v) is 11.6. The number of ether oxygens (including phenoxy) is 1. The molecular weight excluding hydrogens is 361 g/mol. The molecule has 0 atom stereocenters. The molecule has 0 saturated heterocycles. The van der Waals surface area contributed by atoms with Crippen molar-refractivity contribution in [2.75, 3.05) is 18.1 Å². The largest absolute Gasteiger partial charge is 0.461 e. The lowest BCUT2D eigenvalue weighted by Gasteiger charge is -2.05. The Morgan fingerprint density at radius 2 is 2.12 bits per heavy atom. The van der Waals surface area contributed by atoms with Crippen LogP contribution in [-0.2, 0) is 14.9 Å². The zero-order chi connectivity index (χ0) is 13.1. The highest BCUT2D eigenvalue weighted by atomic mass is 127. The highest BCUT2D eigenvalue weighted by Gasteiger charge is 2.11. The summed E-state index contributed by atoms with van der Waals surface area (Å²) >= 11 is 1.97. The van der Waals surface area contributed by atoms with Crippen molar-refractivity contribution in [1.82, 2.24) is 0 Å². The van der Waals surface area contributed by atoms with Crippen molar-refractivity contribution >= 4 is 44.4 Å². The van der Waals surface area contributed by atoms with E-state index in [1.165, 1.54) is 12.1 Å². The summed E-state index contributed by atoms with van der Waals surface area (Å²) in [5, 5.41) is 0. The van der Waals surface area contributed by atoms with Crippen LogP contribution < -0.4 is 5.73 Å². The molecule has 0 aliphatic rings. The molecule has 94 valence electrons. The molecule has 1 aromatic carbocycles. The number of anilines is 1. The molecule has 0 unspecified atom stereocenters. The van der Waals surface area contributed by atoms with Gasteiger partial charge in [0, 0.05) is 9.26 Å². The summed E-state index contributed by atoms with van der Waals surface area (Å²) in [4.78, 5) is 11.5. The molecule has 0 fully saturated rings. The predicted octanol–water partition coefficient (Wildman–Crippen LogP) is 0.918. The van der Waals surface area contributed by atoms with Crippen molar-refractivity contribution in [2.45, 2.75) is 0 Å². The number of hydrogen-bond donors (Lipinski definition) is 2. The van der Waals surface area contributed by atoms with Gasteiger partial charge >= 0.3 is 5.97 Å². The van der Waals surface area contributed by atoms with Crippen LogP contribution in [0.2, 0.25) is 0 Å². The zero-order valence-electron chi connectivity index (χ0n) is 8.59. The maximum atomic E-state index is 11.5. The fourth-order valence-electron chi connectivity index (χ4n) is 0.977. The van der Waals surface area contributed by atoms with Gasteiger partial charge in [-0.25, -0.2) is 4.79 Å². The van der Waals surface area contributed by atoms with Crippen LogP contribution in [-0.4, -0.2) is 31.3 Å². The standard InChI is InChI=1S/C9H10INO5S/c10-7-5-6(1-2-8(7)11)9(12)16-3-4-17(13,14)15/h1-2,5H,3-4,11H2,(H,13,14,15). The number of nitrogen functional groups attached to an aromatic ring is 1. The van der Waals surface area contributed by atoms with E-state index < -0.39 is 28.4 Å². The summed E-state index contributed by atoms with van der Waals surface area (Å²) in [6.07, 6.45) is 0. The van der Waals surface area contributed by atoms with Crippen molar-refractivity contribution in [3.8, 4) is 0 Å². The van der Waals surface area contributed by atoms with Gasteiger partial charge in [0.1, 0.15) is 12.4 Å². The molecule has 0 bridgehead atoms. The predicted molar refractivity (Wildman–Crippen MR) is 70.3 cm³/mol. The summed E-state index contributed by atoms with van der Waals surface area (Å²) in [5.41, 5.74) is 6.39. The van der Waals surface area contributed by atoms with E-state index in [1.54, 1.807) is 6.07 Å². The Morgan fingerprint density at radius 1 is 1.47 bits per heavy atom. The SMILES string of the molecule is Nc1ccc(C(=O)OCCS(=O)(=O)O)cc1I. The van der Waals surface area contributed by atoms with E-state index in [0.717, 1.165) is 0 Å². The van der Waals surface area contributed by atoms with E-state index in [2.05, 4.69) is 4.74 Å². The minimum Gasteiger partial charge on any atom is -0.461 e. The van der Waals surface area contributed by atoms with E-state index in [-0.39, 0.29) is 5.56 Å². The highest BCUT2D eigenvalue weighted by Crippen LogP contribution is 2.16. The summed E-state index contributed by atoms with van der Waals surface area (Å²) in [6, 6.07) is 4.57. The number of benzene rings is 1. The Kier molecular flexibility index (Phi) is 4.71. The number of rotatable bonds is 4. The second-order valence-electron chi connectivity index (χ2n) is 3.16. The minimum absolute atomic E-state index is 0.277. The fourth-order valence-corrected chi connectivity index (χ4v) is 1.79. The monoisotopic (exact) mass is 371 g/mol. The molecular formula is C9H10INO5S. The van der Waals surface area contributed by atoms with Gasteiger partial charge in [-0.3, -0.25) is 4.55 Å². The molecule has 0 saturated carbocycles. The molecule has 0 aromatic heterocycles. The van der Waals surface area contributed by atoms with Gasteiger partial charge in [-0.05, 0) is 40.8 Å². The highest BCUT2D eigenvalue weighted by molar-refractivity contribution is 14.1. The Hall–Kier alpha value is -0.870. The lowest BCUT2D eigenvalue weighted by Crippen LogP contribution is -2.14. The first-order chi connectivity index (χ1) is 7.79. The Labute approximate surface area is 112 Å². The van der Waals surface area contributed by atoms with Gasteiger partial charge in [0.05, 0.1) is 5.56 Å². The maximum Gasteiger partial charge on any atom is 0.338 e. The van der Waals surface area contributed by atoms with Crippen LogP contribution in [0.1, 0.15) is 10.4 Å². The van der Waals surface area contributed by atoms with Crippen molar-refractivity contribution in [2.24, 2.45) is 0 Å². The molecule has 1 rings (SSSR count). The maximum absolute atomic E-state index is 11.5. The number of hydrogen-bond acceptors (Lipinski definition) is 5. The van der Waals surface area contributed by atoms with Gasteiger partial charge in [0.2, 0.25) is 0 Å². The third-order valence-corrected chi connectivity index (χ3v) is 3.43. The van der Waals surface area contributed by atoms with Crippen LogP contribution >= 0.6 is 22.6 Å². The molecule has 1 aromatic rings. The van der Waals surface area contributed by atoms with E-state index in [0.29, 0.717) is 9.26 Å². The van der Waals surface area contributed by atoms with E-state index in [1.807, 2.05) is 22.6 Å². The number of esters is 1. The minimum atomic E-state index is -4.12. The quantitative estimate of drug-likeness (QED) is 0.353. The molecule has 6 nitrogen and oxygen atoms in total. The van der Waals surface area contributed by atoms with Crippen LogP contribution in [0, 0.1) is 3.57 Å². The second kappa shape index (κ2) is 5.65. The fraction of sp³-hybridized carbons (Fsp3) is 0.222. The van der Waals surface area contributed by atoms with Crippen LogP contribution in [0.15, 0.2) is 18.2 Å². The topological polar surface area (TPSA) is 107 Å². The van der Waals surface area contributed by atoms with Crippen LogP contribution in [0.3, 0.4) is 0 Å². The number of halogens is 1. The number of carbonyl (C=O) groups is 1. The first kappa shape index (κ1) is 14.2. The summed E-state index contributed by atoms with van der Waals surface area (Å²) in [7, 11) is -4.12. The summed E-state index contributed by atoms with van der Waals surface area (Å²) in [6.45, 7) is -0.390. The molecule has 0 aliphatic heterocycles. The third kappa shape index (κ3) is 4.88. The Balaban J connectivity index is 2.61. The summed E-state index contributed by atoms with van der Waals surface area (Å²) in [5.74, 6) is -1.28. The molecule has 3 N–H and O–H groups in total. The second-order valence-corrected chi connectivity index (χ2v) is 5.89. The summed E-state index contributed by atoms with van der Waals surface area (Å²) < 4.78 is 34.6. The Bertz CT molecular complexity index is 528. The molecule has 0 radical (unpaired) electrons. The number of nitrogens with two attached hydrogens (primary N) is 1. The molecule has 17 heavy (non-hydrogen) atoms. The first-order valence-electron chi connectivity index (χ1n) is 4.47. The van der Waals surface area contributed by atoms with E-state index in [4.69, 9.17) is 10.3 Å². The average Bonchev–Trinajstić information content (AvgIpc) is 2.20. The molecule has 0 amide bonds. The third-order valence-electron chi connectivity index (χ3n) is 1.81. The molecule has 0 spiro atoms. The van der Waals surface area contributed by atoms with Crippen LogP contribution in [0.5, 0.6) is 0 Å². The smallest absolute Gasteiger partial charge is 0.338 e. The van der Waals surface area contributed by atoms with Crippen molar-refractivity contribution < 1.29 is 22.5 Å². The van der Waals surface area contributed by atoms with Crippen molar-refractivity contribution in [1.29, 1.82) is 0 Å². The van der Waals surface area contributed by atoms with Gasteiger partial charge in [-0.1, -0.05) is 0 Å². The number of carbonyl (C=O) groups excluding carboxylic acids is 1. The van der Waals surface area contributed by atoms with Gasteiger partial charge in [-0.2, -0.15) is 8.42 Å². The van der Waals surface area contributed by atoms with Crippen molar-refractivity contribution in [3.63, 3.8) is 0 Å². The van der Waals surface area contributed by atoms with Crippen molar-refractivity contribution in [3.05, 3.63) is 27.3 Å². The van der Waals surface area contributed by atoms with E-state index in [9.17, 15) is 13.2 Å². The molecule has 8 heteroatoms. The Morgan fingerprint density at radius 3 is 2.65 bits per heavy atom.